The van der Waals surface area contributed by atoms with Crippen LogP contribution in [0.5, 0.6) is 0 Å². The smallest absolute Gasteiger partial charge is 0.321 e. The lowest BCUT2D eigenvalue weighted by Gasteiger charge is -2.21. The van der Waals surface area contributed by atoms with Crippen molar-refractivity contribution in [3.8, 4) is 0 Å². The van der Waals surface area contributed by atoms with Crippen molar-refractivity contribution >= 4 is 11.9 Å². The number of carbonyl (C=O) groups is 2. The maximum atomic E-state index is 11.8. The number of quaternary nitrogens is 1. The highest BCUT2D eigenvalue weighted by Gasteiger charge is 2.17. The topological polar surface area (TPSA) is 62.6 Å². The van der Waals surface area contributed by atoms with Crippen LogP contribution in [-0.4, -0.2) is 38.1 Å². The molecule has 1 saturated heterocycles. The van der Waals surface area contributed by atoms with Gasteiger partial charge in [0.15, 0.2) is 6.54 Å². The molecule has 19 heavy (non-hydrogen) atoms. The van der Waals surface area contributed by atoms with Gasteiger partial charge in [-0.05, 0) is 31.6 Å². The molecule has 0 spiro atoms. The van der Waals surface area contributed by atoms with Crippen LogP contribution in [0, 0.1) is 5.92 Å². The summed E-state index contributed by atoms with van der Waals surface area (Å²) in [5.74, 6) is 0.220. The van der Waals surface area contributed by atoms with E-state index < -0.39 is 0 Å². The molecule has 0 aromatic rings. The third-order valence-electron chi connectivity index (χ3n) is 3.40. The van der Waals surface area contributed by atoms with Gasteiger partial charge in [0.2, 0.25) is 0 Å². The second-order valence-electron chi connectivity index (χ2n) is 5.85. The van der Waals surface area contributed by atoms with Crippen molar-refractivity contribution < 1.29 is 14.5 Å². The van der Waals surface area contributed by atoms with E-state index in [9.17, 15) is 9.59 Å². The minimum atomic E-state index is -0.370. The Morgan fingerprint density at radius 3 is 2.21 bits per heavy atom. The molecule has 0 atom stereocenters. The van der Waals surface area contributed by atoms with Gasteiger partial charge in [-0.25, -0.2) is 4.79 Å². The van der Waals surface area contributed by atoms with Crippen LogP contribution in [0.2, 0.25) is 0 Å². The number of hydrogen-bond donors (Lipinski definition) is 3. The van der Waals surface area contributed by atoms with Crippen LogP contribution < -0.4 is 15.5 Å². The Labute approximate surface area is 116 Å². The van der Waals surface area contributed by atoms with Crippen molar-refractivity contribution in [1.29, 1.82) is 0 Å². The van der Waals surface area contributed by atoms with E-state index in [0.29, 0.717) is 19.0 Å². The van der Waals surface area contributed by atoms with E-state index in [4.69, 9.17) is 0 Å². The molecule has 1 aliphatic rings. The van der Waals surface area contributed by atoms with Crippen LogP contribution in [-0.2, 0) is 4.79 Å². The quantitative estimate of drug-likeness (QED) is 0.689. The summed E-state index contributed by atoms with van der Waals surface area (Å²) in [6.07, 6.45) is 6.21. The molecule has 1 aliphatic heterocycles. The lowest BCUT2D eigenvalue weighted by molar-refractivity contribution is -0.893. The van der Waals surface area contributed by atoms with Crippen LogP contribution in [0.3, 0.4) is 0 Å². The zero-order valence-electron chi connectivity index (χ0n) is 12.3. The van der Waals surface area contributed by atoms with Crippen molar-refractivity contribution in [2.24, 2.45) is 5.92 Å². The molecule has 5 heteroatoms. The van der Waals surface area contributed by atoms with Gasteiger partial charge >= 0.3 is 6.03 Å². The first-order valence-corrected chi connectivity index (χ1v) is 7.49. The largest absolute Gasteiger partial charge is 0.338 e. The van der Waals surface area contributed by atoms with Gasteiger partial charge in [-0.2, -0.15) is 0 Å². The van der Waals surface area contributed by atoms with E-state index in [1.807, 2.05) is 13.8 Å². The Hall–Kier alpha value is -1.10. The summed E-state index contributed by atoms with van der Waals surface area (Å²) in [6, 6.07) is -0.370. The lowest BCUT2D eigenvalue weighted by Crippen LogP contribution is -3.13. The molecule has 0 bridgehead atoms. The lowest BCUT2D eigenvalue weighted by atomic mass is 10.1. The normalized spacial score (nSPS) is 17.6. The second kappa shape index (κ2) is 8.91. The number of amides is 3. The molecule has 0 aliphatic carbocycles. The van der Waals surface area contributed by atoms with E-state index in [1.54, 1.807) is 0 Å². The molecule has 1 rings (SSSR count). The Bertz CT molecular complexity index is 284. The summed E-state index contributed by atoms with van der Waals surface area (Å²) < 4.78 is 0. The predicted octanol–water partition coefficient (Wildman–Crippen LogP) is 0.317. The molecule has 110 valence electrons. The maximum absolute atomic E-state index is 11.8. The number of imide groups is 1. The summed E-state index contributed by atoms with van der Waals surface area (Å²) in [7, 11) is 0. The first-order chi connectivity index (χ1) is 9.08. The first kappa shape index (κ1) is 16.0. The van der Waals surface area contributed by atoms with Crippen LogP contribution >= 0.6 is 0 Å². The van der Waals surface area contributed by atoms with Crippen molar-refractivity contribution in [3.63, 3.8) is 0 Å². The minimum Gasteiger partial charge on any atom is -0.338 e. The molecule has 3 N–H and O–H groups in total. The van der Waals surface area contributed by atoms with Gasteiger partial charge in [-0.3, -0.25) is 10.1 Å². The highest BCUT2D eigenvalue weighted by atomic mass is 16.2. The standard InChI is InChI=1S/C14H27N3O2/c1-12(2)10-15-14(19)16-13(18)11-17-8-6-4-3-5-7-9-17/h12H,3-11H2,1-2H3,(H2,15,16,18,19)/p+1. The van der Waals surface area contributed by atoms with Gasteiger partial charge < -0.3 is 10.2 Å². The fourth-order valence-electron chi connectivity index (χ4n) is 2.32. The molecule has 0 saturated carbocycles. The van der Waals surface area contributed by atoms with Crippen LogP contribution in [0.4, 0.5) is 4.79 Å². The third kappa shape index (κ3) is 7.82. The third-order valence-corrected chi connectivity index (χ3v) is 3.40. The van der Waals surface area contributed by atoms with E-state index in [-0.39, 0.29) is 11.9 Å². The molecule has 0 unspecified atom stereocenters. The molecule has 1 fully saturated rings. The fourth-order valence-corrected chi connectivity index (χ4v) is 2.32. The van der Waals surface area contributed by atoms with Gasteiger partial charge in [-0.15, -0.1) is 0 Å². The molecule has 0 aromatic heterocycles. The summed E-state index contributed by atoms with van der Waals surface area (Å²) in [4.78, 5) is 24.5. The highest BCUT2D eigenvalue weighted by molar-refractivity contribution is 5.94. The summed E-state index contributed by atoms with van der Waals surface area (Å²) in [5.41, 5.74) is 0. The fraction of sp³-hybridized carbons (Fsp3) is 0.857. The number of likely N-dealkylation sites (tertiary alicyclic amines) is 1. The average Bonchev–Trinajstić information content (AvgIpc) is 2.30. The number of carbonyl (C=O) groups excluding carboxylic acids is 2. The van der Waals surface area contributed by atoms with Crippen molar-refractivity contribution in [1.82, 2.24) is 10.6 Å². The van der Waals surface area contributed by atoms with E-state index in [1.165, 1.54) is 37.0 Å². The zero-order valence-corrected chi connectivity index (χ0v) is 12.3. The molecular weight excluding hydrogens is 242 g/mol. The molecule has 1 heterocycles. The first-order valence-electron chi connectivity index (χ1n) is 7.49. The van der Waals surface area contributed by atoms with Crippen molar-refractivity contribution in [2.75, 3.05) is 26.2 Å². The SMILES string of the molecule is CC(C)CNC(=O)NC(=O)C[NH+]1CCCCCCC1. The average molecular weight is 270 g/mol. The minimum absolute atomic E-state index is 0.170. The van der Waals surface area contributed by atoms with Crippen LogP contribution in [0.1, 0.15) is 46.0 Å². The van der Waals surface area contributed by atoms with Gasteiger partial charge in [0.25, 0.3) is 5.91 Å². The summed E-state index contributed by atoms with van der Waals surface area (Å²) >= 11 is 0. The molecule has 5 nitrogen and oxygen atoms in total. The Kier molecular flexibility index (Phi) is 7.48. The summed E-state index contributed by atoms with van der Waals surface area (Å²) in [5, 5.41) is 5.10. The van der Waals surface area contributed by atoms with E-state index in [2.05, 4.69) is 10.6 Å². The number of rotatable bonds is 4. The second-order valence-corrected chi connectivity index (χ2v) is 5.85. The van der Waals surface area contributed by atoms with Crippen LogP contribution in [0.15, 0.2) is 0 Å². The van der Waals surface area contributed by atoms with Gasteiger partial charge in [-0.1, -0.05) is 20.3 Å². The van der Waals surface area contributed by atoms with Crippen molar-refractivity contribution in [2.45, 2.75) is 46.0 Å². The summed E-state index contributed by atoms with van der Waals surface area (Å²) in [6.45, 7) is 7.13. The molecular formula is C14H28N3O2+. The molecule has 0 radical (unpaired) electrons. The Morgan fingerprint density at radius 1 is 1.05 bits per heavy atom. The van der Waals surface area contributed by atoms with Gasteiger partial charge in [0, 0.05) is 6.54 Å². The van der Waals surface area contributed by atoms with Gasteiger partial charge in [0.05, 0.1) is 13.1 Å². The molecule has 0 aromatic carbocycles. The Morgan fingerprint density at radius 2 is 1.63 bits per heavy atom. The maximum Gasteiger partial charge on any atom is 0.321 e. The number of nitrogens with one attached hydrogen (secondary N) is 3. The van der Waals surface area contributed by atoms with Gasteiger partial charge in [0.1, 0.15) is 0 Å². The van der Waals surface area contributed by atoms with E-state index >= 15 is 0 Å². The highest BCUT2D eigenvalue weighted by Crippen LogP contribution is 2.02. The monoisotopic (exact) mass is 270 g/mol. The zero-order chi connectivity index (χ0) is 14.1. The predicted molar refractivity (Wildman–Crippen MR) is 75.0 cm³/mol. The Balaban J connectivity index is 2.23. The molecule has 3 amide bonds. The van der Waals surface area contributed by atoms with Crippen molar-refractivity contribution in [3.05, 3.63) is 0 Å². The van der Waals surface area contributed by atoms with E-state index in [0.717, 1.165) is 13.1 Å². The number of hydrogen-bond acceptors (Lipinski definition) is 2. The van der Waals surface area contributed by atoms with Crippen LogP contribution in [0.25, 0.3) is 0 Å². The number of urea groups is 1.